The van der Waals surface area contributed by atoms with E-state index in [0.29, 0.717) is 6.54 Å². The first-order chi connectivity index (χ1) is 13.2. The quantitative estimate of drug-likeness (QED) is 0.809. The topological polar surface area (TPSA) is 46.9 Å². The van der Waals surface area contributed by atoms with E-state index >= 15 is 0 Å². The van der Waals surface area contributed by atoms with E-state index in [4.69, 9.17) is 5.10 Å². The Morgan fingerprint density at radius 2 is 1.78 bits per heavy atom. The molecule has 1 heterocycles. The van der Waals surface area contributed by atoms with E-state index < -0.39 is 0 Å². The monoisotopic (exact) mass is 361 g/mol. The third kappa shape index (κ3) is 2.82. The lowest BCUT2D eigenvalue weighted by atomic mass is 9.48. The van der Waals surface area contributed by atoms with Crippen LogP contribution in [-0.2, 0) is 5.41 Å². The Morgan fingerprint density at radius 1 is 1.15 bits per heavy atom. The molecular weight excluding hydrogens is 334 g/mol. The number of carbonyl (C=O) groups excluding carboxylic acids is 1. The van der Waals surface area contributed by atoms with Crippen LogP contribution in [0.15, 0.2) is 49.2 Å². The lowest BCUT2D eigenvalue weighted by molar-refractivity contribution is -0.00769. The number of nitrogens with one attached hydrogen (secondary N) is 1. The molecule has 6 rings (SSSR count). The maximum absolute atomic E-state index is 12.9. The average molecular weight is 361 g/mol. The molecule has 1 amide bonds. The van der Waals surface area contributed by atoms with Crippen molar-refractivity contribution in [2.45, 2.75) is 43.9 Å². The van der Waals surface area contributed by atoms with Crippen molar-refractivity contribution in [1.82, 2.24) is 15.1 Å². The van der Waals surface area contributed by atoms with Crippen molar-refractivity contribution in [2.24, 2.45) is 17.8 Å². The van der Waals surface area contributed by atoms with Crippen LogP contribution in [-0.4, -0.2) is 22.2 Å². The Morgan fingerprint density at radius 3 is 2.37 bits per heavy atom. The smallest absolute Gasteiger partial charge is 0.255 e. The molecule has 4 fully saturated rings. The van der Waals surface area contributed by atoms with Crippen molar-refractivity contribution in [3.63, 3.8) is 0 Å². The fraction of sp³-hybridized carbons (Fsp3) is 0.478. The molecule has 140 valence electrons. The Hall–Kier alpha value is -2.36. The lowest BCUT2D eigenvalue weighted by Gasteiger charge is -2.56. The fourth-order valence-electron chi connectivity index (χ4n) is 6.31. The summed E-state index contributed by atoms with van der Waals surface area (Å²) in [4.78, 5) is 12.9. The first kappa shape index (κ1) is 16.8. The molecule has 1 aromatic carbocycles. The Bertz CT molecular complexity index is 832. The number of hydrogen-bond donors (Lipinski definition) is 1. The molecule has 27 heavy (non-hydrogen) atoms. The minimum absolute atomic E-state index is 0.0252. The molecule has 4 nitrogen and oxygen atoms in total. The number of para-hydroxylation sites is 1. The van der Waals surface area contributed by atoms with E-state index in [1.54, 1.807) is 6.08 Å². The van der Waals surface area contributed by atoms with E-state index in [-0.39, 0.29) is 11.3 Å². The van der Waals surface area contributed by atoms with Gasteiger partial charge in [-0.1, -0.05) is 24.3 Å². The molecule has 4 bridgehead atoms. The summed E-state index contributed by atoms with van der Waals surface area (Å²) in [7, 11) is 0. The molecule has 2 aromatic rings. The normalized spacial score (nSPS) is 31.0. The van der Waals surface area contributed by atoms with Crippen molar-refractivity contribution >= 4 is 5.91 Å². The number of amides is 1. The second kappa shape index (κ2) is 6.36. The highest BCUT2D eigenvalue weighted by Crippen LogP contribution is 2.60. The first-order valence-corrected chi connectivity index (χ1v) is 10.2. The predicted molar refractivity (Wildman–Crippen MR) is 106 cm³/mol. The van der Waals surface area contributed by atoms with Crippen LogP contribution < -0.4 is 5.32 Å². The van der Waals surface area contributed by atoms with Gasteiger partial charge in [0.1, 0.15) is 0 Å². The van der Waals surface area contributed by atoms with E-state index in [1.165, 1.54) is 38.5 Å². The second-order valence-corrected chi connectivity index (χ2v) is 8.87. The van der Waals surface area contributed by atoms with Crippen molar-refractivity contribution in [2.75, 3.05) is 6.54 Å². The van der Waals surface area contributed by atoms with Gasteiger partial charge in [0.05, 0.1) is 16.9 Å². The maximum Gasteiger partial charge on any atom is 0.255 e. The molecule has 4 aliphatic carbocycles. The van der Waals surface area contributed by atoms with Gasteiger partial charge in [0.25, 0.3) is 5.91 Å². The van der Waals surface area contributed by atoms with Gasteiger partial charge in [0.15, 0.2) is 0 Å². The molecule has 4 aliphatic rings. The van der Waals surface area contributed by atoms with Crippen LogP contribution in [0.3, 0.4) is 0 Å². The van der Waals surface area contributed by atoms with Crippen LogP contribution in [0.5, 0.6) is 0 Å². The van der Waals surface area contributed by atoms with Crippen molar-refractivity contribution < 1.29 is 4.79 Å². The van der Waals surface area contributed by atoms with Gasteiger partial charge in [-0.05, 0) is 68.4 Å². The number of hydrogen-bond acceptors (Lipinski definition) is 2. The zero-order valence-electron chi connectivity index (χ0n) is 15.7. The van der Waals surface area contributed by atoms with Gasteiger partial charge >= 0.3 is 0 Å². The summed E-state index contributed by atoms with van der Waals surface area (Å²) in [5.41, 5.74) is 2.89. The first-order valence-electron chi connectivity index (χ1n) is 10.2. The summed E-state index contributed by atoms with van der Waals surface area (Å²) in [6.45, 7) is 4.20. The van der Waals surface area contributed by atoms with E-state index in [1.807, 2.05) is 41.2 Å². The molecule has 0 atom stereocenters. The predicted octanol–water partition coefficient (Wildman–Crippen LogP) is 4.26. The van der Waals surface area contributed by atoms with Crippen molar-refractivity contribution in [3.05, 3.63) is 60.4 Å². The van der Waals surface area contributed by atoms with Crippen LogP contribution in [0.2, 0.25) is 0 Å². The van der Waals surface area contributed by atoms with Crippen LogP contribution in [0.1, 0.15) is 54.6 Å². The van der Waals surface area contributed by atoms with Crippen LogP contribution in [0.25, 0.3) is 5.69 Å². The molecule has 1 N–H and O–H groups in total. The van der Waals surface area contributed by atoms with E-state index in [2.05, 4.69) is 11.9 Å². The molecule has 0 aliphatic heterocycles. The molecule has 0 radical (unpaired) electrons. The Balaban J connectivity index is 1.59. The number of rotatable bonds is 5. The summed E-state index contributed by atoms with van der Waals surface area (Å²) in [5.74, 6) is 2.44. The molecule has 4 saturated carbocycles. The van der Waals surface area contributed by atoms with E-state index in [0.717, 1.165) is 34.7 Å². The second-order valence-electron chi connectivity index (χ2n) is 8.87. The molecule has 0 unspecified atom stereocenters. The van der Waals surface area contributed by atoms with Gasteiger partial charge in [-0.25, -0.2) is 4.68 Å². The van der Waals surface area contributed by atoms with Gasteiger partial charge in [0, 0.05) is 18.2 Å². The highest BCUT2D eigenvalue weighted by molar-refractivity contribution is 5.95. The molecule has 0 saturated heterocycles. The summed E-state index contributed by atoms with van der Waals surface area (Å²) in [5, 5.41) is 8.01. The van der Waals surface area contributed by atoms with Gasteiger partial charge in [-0.2, -0.15) is 5.10 Å². The number of nitrogens with zero attached hydrogens (tertiary/aromatic N) is 2. The third-order valence-electron chi connectivity index (χ3n) is 6.93. The molecular formula is C23H27N3O. The number of aromatic nitrogens is 2. The van der Waals surface area contributed by atoms with Gasteiger partial charge in [0.2, 0.25) is 0 Å². The van der Waals surface area contributed by atoms with Crippen molar-refractivity contribution in [1.29, 1.82) is 0 Å². The molecule has 0 spiro atoms. The minimum atomic E-state index is -0.0252. The van der Waals surface area contributed by atoms with Crippen molar-refractivity contribution in [3.8, 4) is 5.69 Å². The summed E-state index contributed by atoms with van der Waals surface area (Å²) < 4.78 is 1.90. The number of benzene rings is 1. The third-order valence-corrected chi connectivity index (χ3v) is 6.93. The van der Waals surface area contributed by atoms with Crippen LogP contribution >= 0.6 is 0 Å². The number of carbonyl (C=O) groups is 1. The summed E-state index contributed by atoms with van der Waals surface area (Å²) in [6.07, 6.45) is 11.4. The highest BCUT2D eigenvalue weighted by Gasteiger charge is 2.53. The summed E-state index contributed by atoms with van der Waals surface area (Å²) >= 11 is 0. The zero-order chi connectivity index (χ0) is 18.4. The van der Waals surface area contributed by atoms with Crippen LogP contribution in [0, 0.1) is 17.8 Å². The fourth-order valence-corrected chi connectivity index (χ4v) is 6.31. The molecule has 1 aromatic heterocycles. The van der Waals surface area contributed by atoms with Gasteiger partial charge in [-0.3, -0.25) is 4.79 Å². The molecule has 4 heteroatoms. The lowest BCUT2D eigenvalue weighted by Crippen LogP contribution is -2.49. The average Bonchev–Trinajstić information content (AvgIpc) is 3.12. The SMILES string of the molecule is C=CCNC(=O)c1cn(-c2ccccc2)nc1C12CC3CC(CC(C3)C1)C2. The zero-order valence-corrected chi connectivity index (χ0v) is 15.7. The largest absolute Gasteiger partial charge is 0.348 e. The Labute approximate surface area is 160 Å². The maximum atomic E-state index is 12.9. The summed E-state index contributed by atoms with van der Waals surface area (Å²) in [6, 6.07) is 10.1. The minimum Gasteiger partial charge on any atom is -0.348 e. The standard InChI is InChI=1S/C23H27N3O/c1-2-8-24-22(27)20-15-26(19-6-4-3-5-7-19)25-21(20)23-12-16-9-17(13-23)11-18(10-16)14-23/h2-7,15-18H,1,8-14H2,(H,24,27). The van der Waals surface area contributed by atoms with Gasteiger partial charge in [-0.15, -0.1) is 6.58 Å². The highest BCUT2D eigenvalue weighted by atomic mass is 16.1. The van der Waals surface area contributed by atoms with Gasteiger partial charge < -0.3 is 5.32 Å². The Kier molecular flexibility index (Phi) is 3.96. The van der Waals surface area contributed by atoms with Crippen LogP contribution in [0.4, 0.5) is 0 Å². The van der Waals surface area contributed by atoms with E-state index in [9.17, 15) is 4.79 Å².